The summed E-state index contributed by atoms with van der Waals surface area (Å²) in [6, 6.07) is 4.37. The van der Waals surface area contributed by atoms with Crippen LogP contribution in [0.2, 0.25) is 0 Å². The predicted molar refractivity (Wildman–Crippen MR) is 82.3 cm³/mol. The fourth-order valence-corrected chi connectivity index (χ4v) is 3.84. The van der Waals surface area contributed by atoms with E-state index in [9.17, 15) is 0 Å². The van der Waals surface area contributed by atoms with Gasteiger partial charge in [-0.15, -0.1) is 11.3 Å². The zero-order valence-corrected chi connectivity index (χ0v) is 12.9. The minimum atomic E-state index is 0.436. The van der Waals surface area contributed by atoms with Crippen molar-refractivity contribution in [2.75, 3.05) is 18.5 Å². The zero-order valence-electron chi connectivity index (χ0n) is 12.1. The molecule has 0 bridgehead atoms. The van der Waals surface area contributed by atoms with Crippen LogP contribution in [0.5, 0.6) is 0 Å². The van der Waals surface area contributed by atoms with Crippen molar-refractivity contribution in [1.82, 2.24) is 10.3 Å². The second kappa shape index (κ2) is 5.97. The van der Waals surface area contributed by atoms with Gasteiger partial charge in [0.05, 0.1) is 24.5 Å². The number of anilines is 1. The van der Waals surface area contributed by atoms with Crippen LogP contribution in [0.4, 0.5) is 5.13 Å². The van der Waals surface area contributed by atoms with Crippen molar-refractivity contribution >= 4 is 16.5 Å². The summed E-state index contributed by atoms with van der Waals surface area (Å²) < 4.78 is 5.41. The molecular weight excluding hydrogens is 270 g/mol. The first-order chi connectivity index (χ1) is 9.78. The molecule has 4 nitrogen and oxygen atoms in total. The lowest BCUT2D eigenvalue weighted by Crippen LogP contribution is -2.24. The van der Waals surface area contributed by atoms with E-state index < -0.39 is 0 Å². The maximum absolute atomic E-state index is 5.41. The quantitative estimate of drug-likeness (QED) is 0.917. The van der Waals surface area contributed by atoms with E-state index in [1.54, 1.807) is 6.26 Å². The number of hydrogen-bond donors (Lipinski definition) is 1. The molecule has 2 aromatic heterocycles. The number of nitrogens with one attached hydrogen (secondary N) is 1. The highest BCUT2D eigenvalue weighted by Gasteiger charge is 2.25. The molecule has 1 aliphatic rings. The van der Waals surface area contributed by atoms with Crippen molar-refractivity contribution < 1.29 is 4.42 Å². The van der Waals surface area contributed by atoms with Crippen LogP contribution in [0.3, 0.4) is 0 Å². The standard InChI is InChI=1S/C15H21N3OS/c1-3-16-12-7-4-8-13-14(12)17-15(20-13)18(2)10-11-6-5-9-19-11/h5-6,9,12,16H,3-4,7-8,10H2,1-2H3. The van der Waals surface area contributed by atoms with Gasteiger partial charge in [0.2, 0.25) is 0 Å². The Morgan fingerprint density at radius 3 is 3.20 bits per heavy atom. The number of aromatic nitrogens is 1. The Morgan fingerprint density at radius 1 is 1.55 bits per heavy atom. The molecule has 108 valence electrons. The van der Waals surface area contributed by atoms with Gasteiger partial charge in [-0.2, -0.15) is 0 Å². The molecule has 0 saturated heterocycles. The van der Waals surface area contributed by atoms with Crippen LogP contribution >= 0.6 is 11.3 Å². The molecule has 3 rings (SSSR count). The number of furan rings is 1. The van der Waals surface area contributed by atoms with Crippen LogP contribution in [-0.2, 0) is 13.0 Å². The normalized spacial score (nSPS) is 18.0. The van der Waals surface area contributed by atoms with Gasteiger partial charge in [-0.25, -0.2) is 4.98 Å². The van der Waals surface area contributed by atoms with E-state index >= 15 is 0 Å². The molecule has 2 heterocycles. The second-order valence-electron chi connectivity index (χ2n) is 5.24. The molecule has 0 radical (unpaired) electrons. The van der Waals surface area contributed by atoms with Crippen LogP contribution in [0.25, 0.3) is 0 Å². The third-order valence-corrected chi connectivity index (χ3v) is 4.94. The third-order valence-electron chi connectivity index (χ3n) is 3.69. The SMILES string of the molecule is CCNC1CCCc2sc(N(C)Cc3ccco3)nc21. The van der Waals surface area contributed by atoms with Gasteiger partial charge >= 0.3 is 0 Å². The van der Waals surface area contributed by atoms with Crippen LogP contribution in [0.1, 0.15) is 42.1 Å². The first-order valence-electron chi connectivity index (χ1n) is 7.24. The number of fused-ring (bicyclic) bond motifs is 1. The number of hydrogen-bond acceptors (Lipinski definition) is 5. The van der Waals surface area contributed by atoms with E-state index in [4.69, 9.17) is 9.40 Å². The van der Waals surface area contributed by atoms with Crippen LogP contribution in [0, 0.1) is 0 Å². The summed E-state index contributed by atoms with van der Waals surface area (Å²) in [4.78, 5) is 8.49. The Hall–Kier alpha value is -1.33. The summed E-state index contributed by atoms with van der Waals surface area (Å²) in [6.45, 7) is 3.93. The summed E-state index contributed by atoms with van der Waals surface area (Å²) >= 11 is 1.83. The van der Waals surface area contributed by atoms with Crippen LogP contribution in [0.15, 0.2) is 22.8 Å². The second-order valence-corrected chi connectivity index (χ2v) is 6.30. The fraction of sp³-hybridized carbons (Fsp3) is 0.533. The van der Waals surface area contributed by atoms with Crippen molar-refractivity contribution in [2.24, 2.45) is 0 Å². The molecule has 0 spiro atoms. The highest BCUT2D eigenvalue weighted by atomic mass is 32.1. The smallest absolute Gasteiger partial charge is 0.185 e. The molecule has 0 saturated carbocycles. The lowest BCUT2D eigenvalue weighted by Gasteiger charge is -2.21. The van der Waals surface area contributed by atoms with Crippen molar-refractivity contribution in [2.45, 2.75) is 38.8 Å². The predicted octanol–water partition coefficient (Wildman–Crippen LogP) is 3.36. The highest BCUT2D eigenvalue weighted by Crippen LogP contribution is 2.36. The van der Waals surface area contributed by atoms with Crippen molar-refractivity contribution in [1.29, 1.82) is 0 Å². The Bertz CT molecular complexity index is 549. The van der Waals surface area contributed by atoms with Gasteiger partial charge in [0, 0.05) is 11.9 Å². The molecule has 5 heteroatoms. The summed E-state index contributed by atoms with van der Waals surface area (Å²) in [5.41, 5.74) is 1.27. The Kier molecular flexibility index (Phi) is 4.08. The maximum Gasteiger partial charge on any atom is 0.185 e. The van der Waals surface area contributed by atoms with Crippen molar-refractivity contribution in [3.63, 3.8) is 0 Å². The summed E-state index contributed by atoms with van der Waals surface area (Å²) in [7, 11) is 2.08. The molecule has 0 fully saturated rings. The number of rotatable bonds is 5. The fourth-order valence-electron chi connectivity index (χ4n) is 2.72. The zero-order chi connectivity index (χ0) is 13.9. The van der Waals surface area contributed by atoms with E-state index in [0.717, 1.165) is 24.0 Å². The van der Waals surface area contributed by atoms with Gasteiger partial charge in [0.1, 0.15) is 5.76 Å². The highest BCUT2D eigenvalue weighted by molar-refractivity contribution is 7.15. The van der Waals surface area contributed by atoms with Gasteiger partial charge in [-0.3, -0.25) is 0 Å². The molecule has 0 amide bonds. The molecule has 20 heavy (non-hydrogen) atoms. The average molecular weight is 291 g/mol. The molecule has 0 aromatic carbocycles. The monoisotopic (exact) mass is 291 g/mol. The molecule has 1 aliphatic carbocycles. The topological polar surface area (TPSA) is 41.3 Å². The molecular formula is C15H21N3OS. The maximum atomic E-state index is 5.41. The third kappa shape index (κ3) is 2.74. The van der Waals surface area contributed by atoms with Gasteiger partial charge in [0.25, 0.3) is 0 Å². The molecule has 1 atom stereocenters. The van der Waals surface area contributed by atoms with E-state index in [2.05, 4.69) is 24.2 Å². The summed E-state index contributed by atoms with van der Waals surface area (Å²) in [5.74, 6) is 0.976. The van der Waals surface area contributed by atoms with Gasteiger partial charge in [-0.1, -0.05) is 6.92 Å². The van der Waals surface area contributed by atoms with Gasteiger partial charge < -0.3 is 14.6 Å². The lowest BCUT2D eigenvalue weighted by atomic mass is 9.98. The Labute approximate surface area is 123 Å². The Morgan fingerprint density at radius 2 is 2.45 bits per heavy atom. The number of nitrogens with zero attached hydrogens (tertiary/aromatic N) is 2. The molecule has 1 N–H and O–H groups in total. The number of thiazole rings is 1. The molecule has 1 unspecified atom stereocenters. The minimum absolute atomic E-state index is 0.436. The van der Waals surface area contributed by atoms with Crippen LogP contribution < -0.4 is 10.2 Å². The molecule has 0 aliphatic heterocycles. The first-order valence-corrected chi connectivity index (χ1v) is 8.06. The first kappa shape index (κ1) is 13.6. The minimum Gasteiger partial charge on any atom is -0.467 e. The van der Waals surface area contributed by atoms with Crippen molar-refractivity contribution in [3.05, 3.63) is 34.7 Å². The van der Waals surface area contributed by atoms with E-state index in [1.807, 2.05) is 23.5 Å². The van der Waals surface area contributed by atoms with Gasteiger partial charge in [-0.05, 0) is 37.9 Å². The van der Waals surface area contributed by atoms with E-state index in [1.165, 1.54) is 29.8 Å². The van der Waals surface area contributed by atoms with E-state index in [0.29, 0.717) is 6.04 Å². The summed E-state index contributed by atoms with van der Waals surface area (Å²) in [5, 5.41) is 4.64. The average Bonchev–Trinajstić information content (AvgIpc) is 3.08. The lowest BCUT2D eigenvalue weighted by molar-refractivity contribution is 0.465. The Balaban J connectivity index is 1.78. The molecule has 2 aromatic rings. The number of aryl methyl sites for hydroxylation is 1. The van der Waals surface area contributed by atoms with Gasteiger partial charge in [0.15, 0.2) is 5.13 Å². The largest absolute Gasteiger partial charge is 0.467 e. The summed E-state index contributed by atoms with van der Waals surface area (Å²) in [6.07, 6.45) is 5.35. The van der Waals surface area contributed by atoms with Crippen LogP contribution in [-0.4, -0.2) is 18.6 Å². The van der Waals surface area contributed by atoms with Crippen molar-refractivity contribution in [3.8, 4) is 0 Å². The van der Waals surface area contributed by atoms with E-state index in [-0.39, 0.29) is 0 Å².